The summed E-state index contributed by atoms with van der Waals surface area (Å²) in [6.45, 7) is 6.07. The predicted molar refractivity (Wildman–Crippen MR) is 82.6 cm³/mol. The smallest absolute Gasteiger partial charge is 0.138 e. The lowest BCUT2D eigenvalue weighted by atomic mass is 10.1. The molecule has 0 saturated heterocycles. The monoisotopic (exact) mass is 272 g/mol. The van der Waals surface area contributed by atoms with Crippen LogP contribution in [-0.4, -0.2) is 9.97 Å². The van der Waals surface area contributed by atoms with Gasteiger partial charge in [0.25, 0.3) is 0 Å². The highest BCUT2D eigenvalue weighted by atomic mass is 35.5. The van der Waals surface area contributed by atoms with Gasteiger partial charge in [0.2, 0.25) is 0 Å². The predicted octanol–water partition coefficient (Wildman–Crippen LogP) is 5.22. The van der Waals surface area contributed by atoms with Crippen molar-refractivity contribution in [3.05, 3.63) is 53.1 Å². The zero-order chi connectivity index (χ0) is 13.8. The number of hydrogen-bond donors (Lipinski definition) is 1. The van der Waals surface area contributed by atoms with Gasteiger partial charge in [0, 0.05) is 5.56 Å². The van der Waals surface area contributed by atoms with Crippen LogP contribution in [0, 0.1) is 6.92 Å². The van der Waals surface area contributed by atoms with E-state index in [0.29, 0.717) is 5.02 Å². The van der Waals surface area contributed by atoms with Gasteiger partial charge in [-0.15, -0.1) is 0 Å². The molecule has 0 atom stereocenters. The molecule has 1 aromatic heterocycles. The third-order valence-electron chi connectivity index (χ3n) is 2.75. The van der Waals surface area contributed by atoms with Crippen LogP contribution in [0.2, 0.25) is 5.02 Å². The van der Waals surface area contributed by atoms with Gasteiger partial charge < -0.3 is 4.98 Å². The fourth-order valence-corrected chi connectivity index (χ4v) is 2.14. The number of rotatable bonds is 1. The van der Waals surface area contributed by atoms with Gasteiger partial charge in [-0.1, -0.05) is 55.3 Å². The number of nitrogens with zero attached hydrogens (tertiary/aromatic N) is 1. The first-order valence-corrected chi connectivity index (χ1v) is 6.83. The van der Waals surface area contributed by atoms with Crippen molar-refractivity contribution in [2.75, 3.05) is 0 Å². The summed E-state index contributed by atoms with van der Waals surface area (Å²) >= 11 is 6.11. The normalized spacial score (nSPS) is 10.1. The Bertz CT molecular complexity index is 686. The van der Waals surface area contributed by atoms with Crippen LogP contribution in [0.25, 0.3) is 22.4 Å². The third kappa shape index (κ3) is 2.79. The lowest BCUT2D eigenvalue weighted by Crippen LogP contribution is -1.80. The molecule has 2 aromatic carbocycles. The summed E-state index contributed by atoms with van der Waals surface area (Å²) in [5.41, 5.74) is 4.09. The first kappa shape index (κ1) is 13.6. The number of benzene rings is 2. The maximum absolute atomic E-state index is 6.11. The maximum atomic E-state index is 6.11. The van der Waals surface area contributed by atoms with E-state index in [2.05, 4.69) is 29.0 Å². The molecule has 2 nitrogen and oxygen atoms in total. The van der Waals surface area contributed by atoms with E-state index in [1.54, 1.807) is 0 Å². The van der Waals surface area contributed by atoms with Gasteiger partial charge >= 0.3 is 0 Å². The molecule has 0 aliphatic heterocycles. The van der Waals surface area contributed by atoms with E-state index in [1.165, 1.54) is 5.56 Å². The van der Waals surface area contributed by atoms with Crippen LogP contribution >= 0.6 is 11.6 Å². The molecule has 19 heavy (non-hydrogen) atoms. The summed E-state index contributed by atoms with van der Waals surface area (Å²) < 4.78 is 0. The molecule has 0 spiro atoms. The number of aryl methyl sites for hydroxylation is 1. The SMILES string of the molecule is CC.Cc1cccc(-c2nc3c(Cl)cccc3[nH]2)c1. The van der Waals surface area contributed by atoms with Gasteiger partial charge in [-0.2, -0.15) is 0 Å². The number of aromatic amines is 1. The Morgan fingerprint density at radius 1 is 1.05 bits per heavy atom. The zero-order valence-corrected chi connectivity index (χ0v) is 12.1. The molecule has 0 amide bonds. The topological polar surface area (TPSA) is 28.7 Å². The molecular weight excluding hydrogens is 256 g/mol. The molecule has 0 bridgehead atoms. The van der Waals surface area contributed by atoms with Crippen molar-refractivity contribution in [1.82, 2.24) is 9.97 Å². The average molecular weight is 273 g/mol. The molecular formula is C16H17ClN2. The molecule has 0 radical (unpaired) electrons. The Kier molecular flexibility index (Phi) is 4.23. The van der Waals surface area contributed by atoms with Crippen LogP contribution in [0.4, 0.5) is 0 Å². The zero-order valence-electron chi connectivity index (χ0n) is 11.4. The van der Waals surface area contributed by atoms with Gasteiger partial charge in [0.05, 0.1) is 10.5 Å². The van der Waals surface area contributed by atoms with Gasteiger partial charge in [0.1, 0.15) is 11.3 Å². The second kappa shape index (κ2) is 5.89. The Hall–Kier alpha value is -1.80. The van der Waals surface area contributed by atoms with Crippen molar-refractivity contribution >= 4 is 22.6 Å². The summed E-state index contributed by atoms with van der Waals surface area (Å²) in [5.74, 6) is 0.858. The number of hydrogen-bond acceptors (Lipinski definition) is 1. The number of halogens is 1. The van der Waals surface area contributed by atoms with Crippen molar-refractivity contribution in [3.8, 4) is 11.4 Å². The minimum absolute atomic E-state index is 0.678. The second-order valence-electron chi connectivity index (χ2n) is 4.09. The van der Waals surface area contributed by atoms with Crippen LogP contribution in [0.5, 0.6) is 0 Å². The Labute approximate surface area is 118 Å². The minimum Gasteiger partial charge on any atom is -0.338 e. The largest absolute Gasteiger partial charge is 0.338 e. The van der Waals surface area contributed by atoms with Gasteiger partial charge in [-0.25, -0.2) is 4.98 Å². The van der Waals surface area contributed by atoms with Crippen LogP contribution in [-0.2, 0) is 0 Å². The Morgan fingerprint density at radius 3 is 2.47 bits per heavy atom. The average Bonchev–Trinajstić information content (AvgIpc) is 2.87. The number of aromatic nitrogens is 2. The third-order valence-corrected chi connectivity index (χ3v) is 3.06. The van der Waals surface area contributed by atoms with E-state index in [4.69, 9.17) is 11.6 Å². The number of nitrogens with one attached hydrogen (secondary N) is 1. The fourth-order valence-electron chi connectivity index (χ4n) is 1.93. The van der Waals surface area contributed by atoms with E-state index >= 15 is 0 Å². The van der Waals surface area contributed by atoms with Crippen molar-refractivity contribution in [2.24, 2.45) is 0 Å². The highest BCUT2D eigenvalue weighted by Crippen LogP contribution is 2.25. The number of imidazole rings is 1. The first-order chi connectivity index (χ1) is 9.24. The van der Waals surface area contributed by atoms with E-state index in [9.17, 15) is 0 Å². The Balaban J connectivity index is 0.000000637. The summed E-state index contributed by atoms with van der Waals surface area (Å²) in [4.78, 5) is 7.82. The summed E-state index contributed by atoms with van der Waals surface area (Å²) in [6, 6.07) is 14.0. The minimum atomic E-state index is 0.678. The molecule has 1 N–H and O–H groups in total. The molecule has 3 rings (SSSR count). The van der Waals surface area contributed by atoms with E-state index in [-0.39, 0.29) is 0 Å². The fraction of sp³-hybridized carbons (Fsp3) is 0.188. The van der Waals surface area contributed by atoms with Gasteiger partial charge in [0.15, 0.2) is 0 Å². The number of fused-ring (bicyclic) bond motifs is 1. The van der Waals surface area contributed by atoms with Crippen molar-refractivity contribution in [2.45, 2.75) is 20.8 Å². The molecule has 3 heteroatoms. The summed E-state index contributed by atoms with van der Waals surface area (Å²) in [7, 11) is 0. The molecule has 3 aromatic rings. The van der Waals surface area contributed by atoms with E-state index < -0.39 is 0 Å². The molecule has 0 saturated carbocycles. The quantitative estimate of drug-likeness (QED) is 0.646. The van der Waals surface area contributed by atoms with Crippen LogP contribution in [0.1, 0.15) is 19.4 Å². The first-order valence-electron chi connectivity index (χ1n) is 6.45. The second-order valence-corrected chi connectivity index (χ2v) is 4.50. The molecule has 1 heterocycles. The van der Waals surface area contributed by atoms with Gasteiger partial charge in [-0.3, -0.25) is 0 Å². The van der Waals surface area contributed by atoms with E-state index in [0.717, 1.165) is 22.4 Å². The number of para-hydroxylation sites is 1. The summed E-state index contributed by atoms with van der Waals surface area (Å²) in [6.07, 6.45) is 0. The van der Waals surface area contributed by atoms with Crippen LogP contribution < -0.4 is 0 Å². The summed E-state index contributed by atoms with van der Waals surface area (Å²) in [5, 5.41) is 0.678. The molecule has 0 aliphatic rings. The van der Waals surface area contributed by atoms with Gasteiger partial charge in [-0.05, 0) is 25.1 Å². The van der Waals surface area contributed by atoms with Crippen LogP contribution in [0.3, 0.4) is 0 Å². The van der Waals surface area contributed by atoms with Crippen molar-refractivity contribution < 1.29 is 0 Å². The Morgan fingerprint density at radius 2 is 1.79 bits per heavy atom. The standard InChI is InChI=1S/C14H11ClN2.C2H6/c1-9-4-2-5-10(8-9)14-16-12-7-3-6-11(15)13(12)17-14;1-2/h2-8H,1H3,(H,16,17);1-2H3. The van der Waals surface area contributed by atoms with Crippen LogP contribution in [0.15, 0.2) is 42.5 Å². The lowest BCUT2D eigenvalue weighted by molar-refractivity contribution is 1.32. The number of H-pyrrole nitrogens is 1. The molecule has 98 valence electrons. The highest BCUT2D eigenvalue weighted by molar-refractivity contribution is 6.34. The highest BCUT2D eigenvalue weighted by Gasteiger charge is 2.07. The van der Waals surface area contributed by atoms with Crippen molar-refractivity contribution in [3.63, 3.8) is 0 Å². The molecule has 0 fully saturated rings. The van der Waals surface area contributed by atoms with E-state index in [1.807, 2.05) is 44.2 Å². The maximum Gasteiger partial charge on any atom is 0.138 e. The molecule has 0 aliphatic carbocycles. The lowest BCUT2D eigenvalue weighted by Gasteiger charge is -1.97. The van der Waals surface area contributed by atoms with Crippen molar-refractivity contribution in [1.29, 1.82) is 0 Å². The molecule has 0 unspecified atom stereocenters.